The lowest BCUT2D eigenvalue weighted by Crippen LogP contribution is -2.69. The molecule has 0 aliphatic carbocycles. The summed E-state index contributed by atoms with van der Waals surface area (Å²) in [4.78, 5) is 20.1. The molecule has 0 atom stereocenters. The van der Waals surface area contributed by atoms with Gasteiger partial charge in [-0.1, -0.05) is 0 Å². The molecule has 2 N–H and O–H groups in total. The molecule has 0 aromatic carbocycles. The van der Waals surface area contributed by atoms with E-state index in [1.165, 1.54) is 0 Å². The van der Waals surface area contributed by atoms with E-state index in [9.17, 15) is 62.3 Å². The van der Waals surface area contributed by atoms with Crippen molar-refractivity contribution in [2.75, 3.05) is 0 Å². The standard InChI is InChI=1S/C8H2F12O4/c9-3(10,1(21)4(11,12)8(19,20)24)6(15,16)7(17,18)5(13,14)2(22)23/h24H,(H,22,23). The molecule has 0 aromatic heterocycles. The fourth-order valence-corrected chi connectivity index (χ4v) is 1.00. The van der Waals surface area contributed by atoms with Crippen LogP contribution in [0.3, 0.4) is 0 Å². The number of aliphatic carboxylic acids is 1. The molecule has 142 valence electrons. The summed E-state index contributed by atoms with van der Waals surface area (Å²) in [5.41, 5.74) is 0. The van der Waals surface area contributed by atoms with Gasteiger partial charge in [-0.05, 0) is 0 Å². The molecule has 0 aliphatic heterocycles. The molecule has 0 aromatic rings. The first-order chi connectivity index (χ1) is 10.1. The third-order valence-corrected chi connectivity index (χ3v) is 2.40. The Bertz CT molecular complexity index is 534. The minimum atomic E-state index is -7.87. The maximum Gasteiger partial charge on any atom is 0.424 e. The van der Waals surface area contributed by atoms with Crippen LogP contribution in [-0.2, 0) is 9.59 Å². The lowest BCUT2D eigenvalue weighted by Gasteiger charge is -2.35. The lowest BCUT2D eigenvalue weighted by atomic mass is 9.93. The molecule has 4 nitrogen and oxygen atoms in total. The number of carbonyl (C=O) groups excluding carboxylic acids is 1. The second-order valence-electron chi connectivity index (χ2n) is 4.05. The van der Waals surface area contributed by atoms with Crippen molar-refractivity contribution in [1.29, 1.82) is 0 Å². The molecule has 0 aliphatic rings. The number of ketones is 1. The van der Waals surface area contributed by atoms with E-state index in [0.717, 1.165) is 0 Å². The Balaban J connectivity index is 6.30. The van der Waals surface area contributed by atoms with Crippen LogP contribution in [0.15, 0.2) is 0 Å². The number of halogens is 12. The molecule has 0 amide bonds. The normalized spacial score (nSPS) is 15.4. The predicted octanol–water partition coefficient (Wildman–Crippen LogP) is 2.40. The van der Waals surface area contributed by atoms with Gasteiger partial charge in [-0.3, -0.25) is 4.79 Å². The van der Waals surface area contributed by atoms with Crippen molar-refractivity contribution in [1.82, 2.24) is 0 Å². The SMILES string of the molecule is O=C(O)C(F)(F)C(F)(F)C(F)(F)C(F)(F)C(=O)C(F)(F)C(O)(F)F. The molecular formula is C8H2F12O4. The third kappa shape index (κ3) is 2.75. The third-order valence-electron chi connectivity index (χ3n) is 2.40. The van der Waals surface area contributed by atoms with Gasteiger partial charge in [-0.2, -0.15) is 52.7 Å². The average Bonchev–Trinajstić information content (AvgIpc) is 2.35. The molecule has 0 spiro atoms. The van der Waals surface area contributed by atoms with Gasteiger partial charge in [0, 0.05) is 0 Å². The molecule has 24 heavy (non-hydrogen) atoms. The number of rotatable bonds is 7. The highest BCUT2D eigenvalue weighted by molar-refractivity contribution is 5.94. The summed E-state index contributed by atoms with van der Waals surface area (Å²) in [6.45, 7) is 0. The van der Waals surface area contributed by atoms with Gasteiger partial charge in [0.1, 0.15) is 0 Å². The highest BCUT2D eigenvalue weighted by atomic mass is 19.4. The second-order valence-corrected chi connectivity index (χ2v) is 4.05. The van der Waals surface area contributed by atoms with E-state index in [4.69, 9.17) is 10.2 Å². The summed E-state index contributed by atoms with van der Waals surface area (Å²) in [7, 11) is 0. The molecule has 16 heteroatoms. The van der Waals surface area contributed by atoms with E-state index >= 15 is 0 Å². The smallest absolute Gasteiger partial charge is 0.424 e. The maximum atomic E-state index is 12.9. The zero-order chi connectivity index (χ0) is 20.2. The zero-order valence-corrected chi connectivity index (χ0v) is 10.2. The minimum absolute atomic E-state index is 4.12. The van der Waals surface area contributed by atoms with Crippen LogP contribution < -0.4 is 0 Å². The first-order valence-electron chi connectivity index (χ1n) is 4.87. The van der Waals surface area contributed by atoms with Crippen LogP contribution in [0.1, 0.15) is 0 Å². The van der Waals surface area contributed by atoms with E-state index < -0.39 is 47.5 Å². The van der Waals surface area contributed by atoms with Crippen molar-refractivity contribution in [2.24, 2.45) is 0 Å². The Kier molecular flexibility index (Phi) is 4.99. The van der Waals surface area contributed by atoms with Crippen LogP contribution in [0.25, 0.3) is 0 Å². The Morgan fingerprint density at radius 2 is 0.875 bits per heavy atom. The number of carboxylic acid groups (broad SMARTS) is 1. The largest absolute Gasteiger partial charge is 0.477 e. The van der Waals surface area contributed by atoms with Gasteiger partial charge in [0.25, 0.3) is 5.78 Å². The summed E-state index contributed by atoms with van der Waals surface area (Å²) < 4.78 is 151. The Hall–Kier alpha value is -1.74. The maximum absolute atomic E-state index is 12.9. The predicted molar refractivity (Wildman–Crippen MR) is 44.5 cm³/mol. The molecule has 0 bridgehead atoms. The van der Waals surface area contributed by atoms with Gasteiger partial charge in [0.05, 0.1) is 0 Å². The molecule has 0 radical (unpaired) electrons. The van der Waals surface area contributed by atoms with Crippen molar-refractivity contribution in [3.63, 3.8) is 0 Å². The van der Waals surface area contributed by atoms with Crippen LogP contribution in [0.5, 0.6) is 0 Å². The molecule has 0 saturated carbocycles. The molecule has 0 rings (SSSR count). The summed E-state index contributed by atoms with van der Waals surface area (Å²) in [5.74, 6) is -46.5. The van der Waals surface area contributed by atoms with Crippen molar-refractivity contribution in [3.8, 4) is 0 Å². The van der Waals surface area contributed by atoms with E-state index in [2.05, 4.69) is 0 Å². The Labute approximate surface area is 121 Å². The molecule has 0 heterocycles. The number of hydrogen-bond donors (Lipinski definition) is 2. The van der Waals surface area contributed by atoms with Crippen molar-refractivity contribution in [2.45, 2.75) is 35.7 Å². The van der Waals surface area contributed by atoms with E-state index in [0.29, 0.717) is 0 Å². The Morgan fingerprint density at radius 3 is 1.12 bits per heavy atom. The van der Waals surface area contributed by atoms with Gasteiger partial charge in [-0.15, -0.1) is 0 Å². The summed E-state index contributed by atoms with van der Waals surface area (Å²) >= 11 is 0. The highest BCUT2D eigenvalue weighted by Crippen LogP contribution is 2.54. The highest BCUT2D eigenvalue weighted by Gasteiger charge is 2.87. The number of carbonyl (C=O) groups is 2. The number of hydrogen-bond acceptors (Lipinski definition) is 3. The van der Waals surface area contributed by atoms with Crippen molar-refractivity contribution in [3.05, 3.63) is 0 Å². The fourth-order valence-electron chi connectivity index (χ4n) is 1.00. The van der Waals surface area contributed by atoms with Gasteiger partial charge in [0.2, 0.25) is 0 Å². The molecule has 0 saturated heterocycles. The van der Waals surface area contributed by atoms with Gasteiger partial charge in [-0.25, -0.2) is 4.79 Å². The number of alkyl halides is 12. The monoisotopic (exact) mass is 390 g/mol. The van der Waals surface area contributed by atoms with Crippen LogP contribution in [0, 0.1) is 0 Å². The summed E-state index contributed by atoms with van der Waals surface area (Å²) in [5, 5.41) is 15.1. The zero-order valence-electron chi connectivity index (χ0n) is 10.2. The molecule has 0 fully saturated rings. The average molecular weight is 390 g/mol. The first kappa shape index (κ1) is 22.3. The van der Waals surface area contributed by atoms with Crippen molar-refractivity contribution >= 4 is 11.8 Å². The van der Waals surface area contributed by atoms with E-state index in [-0.39, 0.29) is 0 Å². The van der Waals surface area contributed by atoms with Crippen molar-refractivity contribution < 1.29 is 72.5 Å². The molecule has 0 unspecified atom stereocenters. The fraction of sp³-hybridized carbons (Fsp3) is 0.750. The minimum Gasteiger partial charge on any atom is -0.477 e. The van der Waals surface area contributed by atoms with E-state index in [1.807, 2.05) is 0 Å². The topological polar surface area (TPSA) is 74.6 Å². The number of Topliss-reactive ketones (excluding diaryl/α,β-unsaturated/α-hetero) is 1. The Morgan fingerprint density at radius 1 is 0.583 bits per heavy atom. The summed E-state index contributed by atoms with van der Waals surface area (Å²) in [6, 6.07) is 0. The van der Waals surface area contributed by atoms with Crippen LogP contribution in [0.2, 0.25) is 0 Å². The molecular weight excluding hydrogens is 388 g/mol. The van der Waals surface area contributed by atoms with Gasteiger partial charge >= 0.3 is 41.7 Å². The lowest BCUT2D eigenvalue weighted by molar-refractivity contribution is -0.362. The second kappa shape index (κ2) is 5.38. The van der Waals surface area contributed by atoms with Gasteiger partial charge < -0.3 is 10.2 Å². The van der Waals surface area contributed by atoms with Crippen LogP contribution >= 0.6 is 0 Å². The number of carboxylic acids is 1. The van der Waals surface area contributed by atoms with Gasteiger partial charge in [0.15, 0.2) is 0 Å². The first-order valence-corrected chi connectivity index (χ1v) is 4.87. The number of aliphatic hydroxyl groups is 1. The van der Waals surface area contributed by atoms with E-state index in [1.54, 1.807) is 0 Å². The van der Waals surface area contributed by atoms with Crippen LogP contribution in [0.4, 0.5) is 52.7 Å². The van der Waals surface area contributed by atoms with Crippen LogP contribution in [-0.4, -0.2) is 57.7 Å². The quantitative estimate of drug-likeness (QED) is 0.655. The summed E-state index contributed by atoms with van der Waals surface area (Å²) in [6.07, 6.45) is -6.76.